The van der Waals surface area contributed by atoms with Gasteiger partial charge in [0.15, 0.2) is 0 Å². The molecule has 3 rings (SSSR count). The van der Waals surface area contributed by atoms with Crippen molar-refractivity contribution in [3.63, 3.8) is 0 Å². The van der Waals surface area contributed by atoms with Crippen molar-refractivity contribution in [2.45, 2.75) is 31.7 Å². The molecular formula is C18H21NO. The van der Waals surface area contributed by atoms with Crippen molar-refractivity contribution < 1.29 is 4.74 Å². The van der Waals surface area contributed by atoms with E-state index in [1.807, 2.05) is 12.1 Å². The Morgan fingerprint density at radius 2 is 1.90 bits per heavy atom. The van der Waals surface area contributed by atoms with Crippen LogP contribution in [0, 0.1) is 0 Å². The molecule has 2 heteroatoms. The molecular weight excluding hydrogens is 246 g/mol. The summed E-state index contributed by atoms with van der Waals surface area (Å²) in [5.74, 6) is 1.33. The zero-order valence-electron chi connectivity index (χ0n) is 11.9. The van der Waals surface area contributed by atoms with Gasteiger partial charge < -0.3 is 10.5 Å². The molecule has 0 bridgehead atoms. The van der Waals surface area contributed by atoms with Crippen molar-refractivity contribution in [2.24, 2.45) is 5.73 Å². The third kappa shape index (κ3) is 2.44. The van der Waals surface area contributed by atoms with E-state index in [-0.39, 0.29) is 6.04 Å². The van der Waals surface area contributed by atoms with Gasteiger partial charge in [0.2, 0.25) is 0 Å². The summed E-state index contributed by atoms with van der Waals surface area (Å²) in [4.78, 5) is 0. The summed E-state index contributed by atoms with van der Waals surface area (Å²) in [6, 6.07) is 17.0. The Bertz CT molecular complexity index is 576. The lowest BCUT2D eigenvalue weighted by Gasteiger charge is -2.30. The summed E-state index contributed by atoms with van der Waals surface area (Å²) in [7, 11) is 0. The summed E-state index contributed by atoms with van der Waals surface area (Å²) in [5.41, 5.74) is 10.3. The predicted molar refractivity (Wildman–Crippen MR) is 82.0 cm³/mol. The molecule has 104 valence electrons. The normalized spacial score (nSPS) is 19.0. The minimum Gasteiger partial charge on any atom is -0.493 e. The number of fused-ring (bicyclic) bond motifs is 1. The van der Waals surface area contributed by atoms with Crippen molar-refractivity contribution in [3.05, 3.63) is 65.2 Å². The minimum absolute atomic E-state index is 0.0333. The van der Waals surface area contributed by atoms with Crippen LogP contribution < -0.4 is 10.5 Å². The monoisotopic (exact) mass is 267 g/mol. The van der Waals surface area contributed by atoms with Crippen molar-refractivity contribution >= 4 is 0 Å². The third-order valence-electron chi connectivity index (χ3n) is 4.21. The Labute approximate surface area is 120 Å². The predicted octanol–water partition coefficient (Wildman–Crippen LogP) is 3.82. The molecule has 0 aromatic heterocycles. The standard InChI is InChI=1S/C18H21NO/c1-2-13-7-9-14(10-8-13)18(19)16-11-12-20-17-6-4-3-5-15(16)17/h3-10,16,18H,2,11-12,19H2,1H3. The fourth-order valence-corrected chi connectivity index (χ4v) is 2.95. The van der Waals surface area contributed by atoms with Crippen LogP contribution >= 0.6 is 0 Å². The quantitative estimate of drug-likeness (QED) is 0.917. The molecule has 2 nitrogen and oxygen atoms in total. The molecule has 0 saturated heterocycles. The average Bonchev–Trinajstić information content (AvgIpc) is 2.54. The lowest BCUT2D eigenvalue weighted by Crippen LogP contribution is -2.25. The summed E-state index contributed by atoms with van der Waals surface area (Å²) >= 11 is 0. The lowest BCUT2D eigenvalue weighted by molar-refractivity contribution is 0.255. The van der Waals surface area contributed by atoms with Crippen LogP contribution in [0.3, 0.4) is 0 Å². The van der Waals surface area contributed by atoms with Crippen molar-refractivity contribution in [1.82, 2.24) is 0 Å². The largest absolute Gasteiger partial charge is 0.493 e. The molecule has 0 spiro atoms. The minimum atomic E-state index is 0.0333. The molecule has 2 aromatic carbocycles. The van der Waals surface area contributed by atoms with Crippen LogP contribution in [0.5, 0.6) is 5.75 Å². The first-order chi connectivity index (χ1) is 9.79. The van der Waals surface area contributed by atoms with Crippen molar-refractivity contribution in [3.8, 4) is 5.75 Å². The van der Waals surface area contributed by atoms with Crippen LogP contribution in [0.1, 0.15) is 42.0 Å². The van der Waals surface area contributed by atoms with E-state index < -0.39 is 0 Å². The molecule has 2 aromatic rings. The van der Waals surface area contributed by atoms with E-state index in [1.165, 1.54) is 16.7 Å². The molecule has 2 atom stereocenters. The van der Waals surface area contributed by atoms with Crippen molar-refractivity contribution in [1.29, 1.82) is 0 Å². The van der Waals surface area contributed by atoms with Gasteiger partial charge in [-0.2, -0.15) is 0 Å². The summed E-state index contributed by atoms with van der Waals surface area (Å²) in [5, 5.41) is 0. The highest BCUT2D eigenvalue weighted by atomic mass is 16.5. The molecule has 1 aliphatic heterocycles. The highest BCUT2D eigenvalue weighted by molar-refractivity contribution is 5.40. The summed E-state index contributed by atoms with van der Waals surface area (Å²) < 4.78 is 5.72. The Morgan fingerprint density at radius 1 is 1.15 bits per heavy atom. The second-order valence-electron chi connectivity index (χ2n) is 5.40. The fourth-order valence-electron chi connectivity index (χ4n) is 2.95. The van der Waals surface area contributed by atoms with Gasteiger partial charge >= 0.3 is 0 Å². The maximum absolute atomic E-state index is 6.52. The van der Waals surface area contributed by atoms with Crippen LogP contribution in [0.4, 0.5) is 0 Å². The van der Waals surface area contributed by atoms with E-state index in [1.54, 1.807) is 0 Å². The molecule has 0 saturated carbocycles. The van der Waals surface area contributed by atoms with E-state index in [4.69, 9.17) is 10.5 Å². The van der Waals surface area contributed by atoms with Crippen LogP contribution in [-0.4, -0.2) is 6.61 Å². The molecule has 0 amide bonds. The van der Waals surface area contributed by atoms with E-state index in [0.29, 0.717) is 5.92 Å². The molecule has 2 unspecified atom stereocenters. The number of para-hydroxylation sites is 1. The Kier molecular flexibility index (Phi) is 3.75. The molecule has 0 aliphatic carbocycles. The topological polar surface area (TPSA) is 35.2 Å². The summed E-state index contributed by atoms with van der Waals surface area (Å²) in [6.45, 7) is 2.92. The maximum atomic E-state index is 6.52. The van der Waals surface area contributed by atoms with Gasteiger partial charge in [-0.25, -0.2) is 0 Å². The third-order valence-corrected chi connectivity index (χ3v) is 4.21. The number of aryl methyl sites for hydroxylation is 1. The van der Waals surface area contributed by atoms with Crippen LogP contribution in [0.2, 0.25) is 0 Å². The van der Waals surface area contributed by atoms with Gasteiger partial charge in [-0.15, -0.1) is 0 Å². The number of rotatable bonds is 3. The maximum Gasteiger partial charge on any atom is 0.122 e. The molecule has 1 heterocycles. The van der Waals surface area contributed by atoms with Gasteiger partial charge in [0, 0.05) is 12.0 Å². The number of hydrogen-bond acceptors (Lipinski definition) is 2. The van der Waals surface area contributed by atoms with Gasteiger partial charge in [-0.05, 0) is 35.6 Å². The van der Waals surface area contributed by atoms with Crippen LogP contribution in [0.25, 0.3) is 0 Å². The Hall–Kier alpha value is -1.80. The second-order valence-corrected chi connectivity index (χ2v) is 5.40. The van der Waals surface area contributed by atoms with Crippen LogP contribution in [0.15, 0.2) is 48.5 Å². The van der Waals surface area contributed by atoms with E-state index >= 15 is 0 Å². The zero-order chi connectivity index (χ0) is 13.9. The first kappa shape index (κ1) is 13.2. The van der Waals surface area contributed by atoms with Crippen LogP contribution in [-0.2, 0) is 6.42 Å². The van der Waals surface area contributed by atoms with Gasteiger partial charge in [0.1, 0.15) is 5.75 Å². The number of hydrogen-bond donors (Lipinski definition) is 1. The van der Waals surface area contributed by atoms with E-state index in [2.05, 4.69) is 43.3 Å². The molecule has 0 radical (unpaired) electrons. The molecule has 2 N–H and O–H groups in total. The number of ether oxygens (including phenoxy) is 1. The lowest BCUT2D eigenvalue weighted by atomic mass is 9.83. The Morgan fingerprint density at radius 3 is 2.65 bits per heavy atom. The zero-order valence-corrected chi connectivity index (χ0v) is 11.9. The highest BCUT2D eigenvalue weighted by Gasteiger charge is 2.27. The fraction of sp³-hybridized carbons (Fsp3) is 0.333. The molecule has 0 fully saturated rings. The second kappa shape index (κ2) is 5.68. The molecule has 20 heavy (non-hydrogen) atoms. The van der Waals surface area contributed by atoms with E-state index in [0.717, 1.165) is 25.2 Å². The first-order valence-corrected chi connectivity index (χ1v) is 7.35. The van der Waals surface area contributed by atoms with Gasteiger partial charge in [-0.1, -0.05) is 49.4 Å². The first-order valence-electron chi connectivity index (χ1n) is 7.35. The Balaban J connectivity index is 1.89. The smallest absolute Gasteiger partial charge is 0.122 e. The number of benzene rings is 2. The SMILES string of the molecule is CCc1ccc(C(N)C2CCOc3ccccc32)cc1. The average molecular weight is 267 g/mol. The van der Waals surface area contributed by atoms with E-state index in [9.17, 15) is 0 Å². The van der Waals surface area contributed by atoms with Gasteiger partial charge in [0.25, 0.3) is 0 Å². The number of nitrogens with two attached hydrogens (primary N) is 1. The highest BCUT2D eigenvalue weighted by Crippen LogP contribution is 2.40. The van der Waals surface area contributed by atoms with Gasteiger partial charge in [0.05, 0.1) is 6.61 Å². The van der Waals surface area contributed by atoms with Gasteiger partial charge in [-0.3, -0.25) is 0 Å². The van der Waals surface area contributed by atoms with Crippen molar-refractivity contribution in [2.75, 3.05) is 6.61 Å². The summed E-state index contributed by atoms with van der Waals surface area (Å²) in [6.07, 6.45) is 2.04. The molecule has 1 aliphatic rings.